The van der Waals surface area contributed by atoms with E-state index in [0.29, 0.717) is 34.7 Å². The van der Waals surface area contributed by atoms with Crippen molar-refractivity contribution in [2.24, 2.45) is 5.92 Å². The number of rotatable bonds is 6. The van der Waals surface area contributed by atoms with Crippen LogP contribution in [0.25, 0.3) is 0 Å². The van der Waals surface area contributed by atoms with Gasteiger partial charge in [-0.25, -0.2) is 14.2 Å². The molecule has 2 aromatic rings. The van der Waals surface area contributed by atoms with E-state index in [1.54, 1.807) is 11.8 Å². The summed E-state index contributed by atoms with van der Waals surface area (Å²) in [4.78, 5) is 37.3. The van der Waals surface area contributed by atoms with Gasteiger partial charge in [-0.05, 0) is 37.8 Å². The minimum absolute atomic E-state index is 0.00398. The minimum atomic E-state index is -0.460. The smallest absolute Gasteiger partial charge is 0.326 e. The van der Waals surface area contributed by atoms with Crippen molar-refractivity contribution in [3.05, 3.63) is 40.4 Å². The van der Waals surface area contributed by atoms with Crippen LogP contribution in [0.1, 0.15) is 33.9 Å². The van der Waals surface area contributed by atoms with Crippen LogP contribution in [0, 0.1) is 18.7 Å². The van der Waals surface area contributed by atoms with E-state index >= 15 is 0 Å². The Labute approximate surface area is 160 Å². The van der Waals surface area contributed by atoms with Gasteiger partial charge in [-0.2, -0.15) is 0 Å². The normalized spacial score (nSPS) is 16.9. The molecule has 3 amide bonds. The molecule has 0 radical (unpaired) electrons. The fraction of sp³-hybridized carbons (Fsp3) is 0.444. The first-order valence-electron chi connectivity index (χ1n) is 8.94. The maximum Gasteiger partial charge on any atom is 0.326 e. The van der Waals surface area contributed by atoms with E-state index in [4.69, 9.17) is 0 Å². The van der Waals surface area contributed by atoms with E-state index < -0.39 is 5.82 Å². The molecule has 2 aliphatic rings. The van der Waals surface area contributed by atoms with Gasteiger partial charge >= 0.3 is 6.03 Å². The van der Waals surface area contributed by atoms with Gasteiger partial charge in [0.1, 0.15) is 10.7 Å². The van der Waals surface area contributed by atoms with Crippen molar-refractivity contribution in [3.8, 4) is 0 Å². The Morgan fingerprint density at radius 2 is 2.22 bits per heavy atom. The molecule has 2 aromatic heterocycles. The molecule has 1 aliphatic carbocycles. The predicted molar refractivity (Wildman–Crippen MR) is 99.3 cm³/mol. The zero-order chi connectivity index (χ0) is 19.0. The Morgan fingerprint density at radius 3 is 2.96 bits per heavy atom. The number of nitrogens with zero attached hydrogens (tertiary/aromatic N) is 4. The number of aromatic nitrogens is 2. The molecule has 1 saturated carbocycles. The second-order valence-electron chi connectivity index (χ2n) is 6.85. The third-order valence-corrected chi connectivity index (χ3v) is 5.92. The maximum absolute atomic E-state index is 13.6. The molecule has 9 heteroatoms. The van der Waals surface area contributed by atoms with Crippen molar-refractivity contribution in [2.75, 3.05) is 24.5 Å². The fourth-order valence-corrected chi connectivity index (χ4v) is 4.05. The van der Waals surface area contributed by atoms with Crippen LogP contribution in [0.4, 0.5) is 14.3 Å². The van der Waals surface area contributed by atoms with Gasteiger partial charge in [0.2, 0.25) is 0 Å². The first-order chi connectivity index (χ1) is 13.0. The summed E-state index contributed by atoms with van der Waals surface area (Å²) in [6.45, 7) is 3.81. The molecule has 2 fully saturated rings. The summed E-state index contributed by atoms with van der Waals surface area (Å²) in [5.74, 6) is -0.166. The van der Waals surface area contributed by atoms with E-state index in [9.17, 15) is 14.0 Å². The Kier molecular flexibility index (Phi) is 4.77. The number of halogens is 1. The van der Waals surface area contributed by atoms with Crippen LogP contribution in [-0.2, 0) is 6.54 Å². The van der Waals surface area contributed by atoms with Gasteiger partial charge in [0, 0.05) is 25.8 Å². The number of amides is 3. The Balaban J connectivity index is 1.42. The fourth-order valence-electron chi connectivity index (χ4n) is 3.04. The van der Waals surface area contributed by atoms with Crippen molar-refractivity contribution in [2.45, 2.75) is 26.3 Å². The molecule has 3 heterocycles. The number of urea groups is 1. The van der Waals surface area contributed by atoms with Gasteiger partial charge in [-0.15, -0.1) is 0 Å². The number of hydrogen-bond acceptors (Lipinski definition) is 5. The number of carbonyl (C=O) groups is 2. The number of hydrogen-bond donors (Lipinski definition) is 1. The minimum Gasteiger partial charge on any atom is -0.346 e. The van der Waals surface area contributed by atoms with E-state index in [1.165, 1.54) is 42.5 Å². The summed E-state index contributed by atoms with van der Waals surface area (Å²) in [6.07, 6.45) is 3.87. The Hall–Kier alpha value is -2.55. The van der Waals surface area contributed by atoms with E-state index in [2.05, 4.69) is 15.3 Å². The lowest BCUT2D eigenvalue weighted by atomic mass is 10.3. The second-order valence-corrected chi connectivity index (χ2v) is 7.83. The van der Waals surface area contributed by atoms with Crippen molar-refractivity contribution in [1.82, 2.24) is 20.2 Å². The monoisotopic (exact) mass is 389 g/mol. The second kappa shape index (κ2) is 7.22. The van der Waals surface area contributed by atoms with Crippen molar-refractivity contribution < 1.29 is 14.0 Å². The molecular formula is C18H20FN5O2S. The lowest BCUT2D eigenvalue weighted by Crippen LogP contribution is -2.33. The highest BCUT2D eigenvalue weighted by Gasteiger charge is 2.35. The number of pyridine rings is 1. The van der Waals surface area contributed by atoms with Gasteiger partial charge in [0.25, 0.3) is 5.91 Å². The number of anilines is 1. The Bertz CT molecular complexity index is 882. The zero-order valence-electron chi connectivity index (χ0n) is 14.9. The van der Waals surface area contributed by atoms with E-state index in [1.807, 2.05) is 4.90 Å². The zero-order valence-corrected chi connectivity index (χ0v) is 15.8. The molecule has 7 nitrogen and oxygen atoms in total. The topological polar surface area (TPSA) is 78.4 Å². The SMILES string of the molecule is Cc1nc(N2CCN(CC3CC3)C2=O)sc1C(=O)NCc1ncccc1F. The molecule has 0 atom stereocenters. The average molecular weight is 389 g/mol. The molecule has 142 valence electrons. The largest absolute Gasteiger partial charge is 0.346 e. The number of carbonyl (C=O) groups excluding carboxylic acids is 2. The van der Waals surface area contributed by atoms with Crippen LogP contribution < -0.4 is 10.2 Å². The van der Waals surface area contributed by atoms with Crippen LogP contribution >= 0.6 is 11.3 Å². The summed E-state index contributed by atoms with van der Waals surface area (Å²) in [5.41, 5.74) is 0.737. The summed E-state index contributed by atoms with van der Waals surface area (Å²) in [6, 6.07) is 2.76. The summed E-state index contributed by atoms with van der Waals surface area (Å²) in [7, 11) is 0. The van der Waals surface area contributed by atoms with Crippen LogP contribution in [0.3, 0.4) is 0 Å². The molecule has 1 aliphatic heterocycles. The van der Waals surface area contributed by atoms with Gasteiger partial charge < -0.3 is 10.2 Å². The number of nitrogens with one attached hydrogen (secondary N) is 1. The van der Waals surface area contributed by atoms with Gasteiger partial charge in [-0.3, -0.25) is 14.7 Å². The molecule has 0 bridgehead atoms. The predicted octanol–water partition coefficient (Wildman–Crippen LogP) is 2.57. The molecule has 0 unspecified atom stereocenters. The van der Waals surface area contributed by atoms with E-state index in [0.717, 1.165) is 6.54 Å². The third-order valence-electron chi connectivity index (χ3n) is 4.74. The van der Waals surface area contributed by atoms with Crippen molar-refractivity contribution in [1.29, 1.82) is 0 Å². The Morgan fingerprint density at radius 1 is 1.41 bits per heavy atom. The number of thiazole rings is 1. The molecule has 4 rings (SSSR count). The molecular weight excluding hydrogens is 369 g/mol. The van der Waals surface area contributed by atoms with Gasteiger partial charge in [0.05, 0.1) is 17.9 Å². The molecule has 1 saturated heterocycles. The molecule has 0 spiro atoms. The van der Waals surface area contributed by atoms with Crippen LogP contribution in [0.2, 0.25) is 0 Å². The van der Waals surface area contributed by atoms with Crippen LogP contribution in [0.5, 0.6) is 0 Å². The average Bonchev–Trinajstić information content (AvgIpc) is 3.29. The highest BCUT2D eigenvalue weighted by Crippen LogP contribution is 2.33. The van der Waals surface area contributed by atoms with E-state index in [-0.39, 0.29) is 24.2 Å². The summed E-state index contributed by atoms with van der Waals surface area (Å²) < 4.78 is 13.6. The highest BCUT2D eigenvalue weighted by molar-refractivity contribution is 7.17. The van der Waals surface area contributed by atoms with Gasteiger partial charge in [-0.1, -0.05) is 11.3 Å². The molecule has 0 aromatic carbocycles. The lowest BCUT2D eigenvalue weighted by molar-refractivity contribution is 0.0953. The molecule has 27 heavy (non-hydrogen) atoms. The first-order valence-corrected chi connectivity index (χ1v) is 9.76. The first kappa shape index (κ1) is 17.8. The summed E-state index contributed by atoms with van der Waals surface area (Å²) in [5, 5.41) is 3.20. The van der Waals surface area contributed by atoms with Crippen molar-refractivity contribution in [3.63, 3.8) is 0 Å². The van der Waals surface area contributed by atoms with Gasteiger partial charge in [0.15, 0.2) is 5.13 Å². The molecule has 1 N–H and O–H groups in total. The third kappa shape index (κ3) is 3.78. The summed E-state index contributed by atoms with van der Waals surface area (Å²) >= 11 is 1.19. The highest BCUT2D eigenvalue weighted by atomic mass is 32.1. The quantitative estimate of drug-likeness (QED) is 0.824. The maximum atomic E-state index is 13.6. The standard InChI is InChI=1S/C18H20FN5O2S/c1-11-15(16(25)21-9-14-13(19)3-2-6-20-14)27-17(22-11)24-8-7-23(18(24)26)10-12-4-5-12/h2-3,6,12H,4-5,7-10H2,1H3,(H,21,25). The lowest BCUT2D eigenvalue weighted by Gasteiger charge is -2.16. The van der Waals surface area contributed by atoms with Crippen molar-refractivity contribution >= 4 is 28.4 Å². The number of aryl methyl sites for hydroxylation is 1. The van der Waals surface area contributed by atoms with Crippen LogP contribution in [-0.4, -0.2) is 46.4 Å². The van der Waals surface area contributed by atoms with Crippen LogP contribution in [0.15, 0.2) is 18.3 Å².